The van der Waals surface area contributed by atoms with Crippen LogP contribution in [-0.2, 0) is 0 Å². The van der Waals surface area contributed by atoms with Crippen molar-refractivity contribution in [3.8, 4) is 0 Å². The Bertz CT molecular complexity index is 88.6. The number of rotatable bonds is 1. The molecule has 1 aliphatic rings. The molecule has 0 aromatic rings. The molecule has 1 aliphatic carbocycles. The average molecular weight is 147 g/mol. The van der Waals surface area contributed by atoms with E-state index in [1.165, 1.54) is 19.3 Å². The molecule has 0 saturated heterocycles. The molecular formula is C8H15Cl. The fourth-order valence-corrected chi connectivity index (χ4v) is 2.27. The molecule has 0 amide bonds. The van der Waals surface area contributed by atoms with E-state index in [4.69, 9.17) is 11.6 Å². The topological polar surface area (TPSA) is 0 Å². The maximum absolute atomic E-state index is 6.07. The van der Waals surface area contributed by atoms with Crippen LogP contribution in [0.1, 0.15) is 33.1 Å². The van der Waals surface area contributed by atoms with Gasteiger partial charge in [-0.25, -0.2) is 0 Å². The third-order valence-electron chi connectivity index (χ3n) is 2.34. The Morgan fingerprint density at radius 1 is 1.33 bits per heavy atom. The normalized spacial score (nSPS) is 36.0. The molecule has 0 radical (unpaired) electrons. The molecule has 0 bridgehead atoms. The predicted molar refractivity (Wildman–Crippen MR) is 41.8 cm³/mol. The molecule has 1 fully saturated rings. The summed E-state index contributed by atoms with van der Waals surface area (Å²) in [5.41, 5.74) is 0. The monoisotopic (exact) mass is 146 g/mol. The van der Waals surface area contributed by atoms with E-state index in [1.807, 2.05) is 0 Å². The Morgan fingerprint density at radius 3 is 2.22 bits per heavy atom. The second-order valence-corrected chi connectivity index (χ2v) is 3.92. The molecule has 0 unspecified atom stereocenters. The summed E-state index contributed by atoms with van der Waals surface area (Å²) in [5.74, 6) is 1.58. The van der Waals surface area contributed by atoms with E-state index >= 15 is 0 Å². The van der Waals surface area contributed by atoms with Gasteiger partial charge in [0.05, 0.1) is 0 Å². The fraction of sp³-hybridized carbons (Fsp3) is 1.00. The highest BCUT2D eigenvalue weighted by Gasteiger charge is 2.27. The maximum atomic E-state index is 6.07. The zero-order valence-corrected chi connectivity index (χ0v) is 6.99. The highest BCUT2D eigenvalue weighted by atomic mass is 35.5. The molecule has 1 heteroatoms. The minimum absolute atomic E-state index is 0.477. The summed E-state index contributed by atoms with van der Waals surface area (Å²) in [5, 5.41) is 0.477. The average Bonchev–Trinajstić information content (AvgIpc) is 2.13. The van der Waals surface area contributed by atoms with Crippen molar-refractivity contribution < 1.29 is 0 Å². The minimum atomic E-state index is 0.477. The molecule has 0 aromatic heterocycles. The van der Waals surface area contributed by atoms with E-state index in [0.717, 1.165) is 11.8 Å². The molecule has 0 aromatic carbocycles. The van der Waals surface area contributed by atoms with Gasteiger partial charge in [0, 0.05) is 5.38 Å². The summed E-state index contributed by atoms with van der Waals surface area (Å²) in [6, 6.07) is 0. The molecule has 0 nitrogen and oxygen atoms in total. The first kappa shape index (κ1) is 7.40. The van der Waals surface area contributed by atoms with Crippen LogP contribution < -0.4 is 0 Å². The standard InChI is InChI=1S/C8H15Cl/c1-6(2)7-4-3-5-8(7)9/h6-8H,3-5H2,1-2H3/t7-,8+/m1/s1. The Kier molecular flexibility index (Phi) is 2.40. The molecule has 0 N–H and O–H groups in total. The van der Waals surface area contributed by atoms with Crippen LogP contribution in [0.2, 0.25) is 0 Å². The molecule has 0 spiro atoms. The van der Waals surface area contributed by atoms with Crippen molar-refractivity contribution in [2.75, 3.05) is 0 Å². The van der Waals surface area contributed by atoms with Gasteiger partial charge in [0.1, 0.15) is 0 Å². The first-order valence-electron chi connectivity index (χ1n) is 3.86. The van der Waals surface area contributed by atoms with Crippen LogP contribution in [0.5, 0.6) is 0 Å². The summed E-state index contributed by atoms with van der Waals surface area (Å²) in [7, 11) is 0. The van der Waals surface area contributed by atoms with Gasteiger partial charge in [-0.3, -0.25) is 0 Å². The van der Waals surface area contributed by atoms with Gasteiger partial charge < -0.3 is 0 Å². The maximum Gasteiger partial charge on any atom is 0.0366 e. The lowest BCUT2D eigenvalue weighted by molar-refractivity contribution is 0.401. The lowest BCUT2D eigenvalue weighted by atomic mass is 9.94. The largest absolute Gasteiger partial charge is 0.123 e. The molecule has 1 rings (SSSR count). The third-order valence-corrected chi connectivity index (χ3v) is 2.88. The van der Waals surface area contributed by atoms with Crippen molar-refractivity contribution in [3.63, 3.8) is 0 Å². The molecule has 2 atom stereocenters. The van der Waals surface area contributed by atoms with E-state index in [0.29, 0.717) is 5.38 Å². The predicted octanol–water partition coefficient (Wildman–Crippen LogP) is 3.05. The summed E-state index contributed by atoms with van der Waals surface area (Å²) in [6.45, 7) is 4.54. The van der Waals surface area contributed by atoms with Crippen LogP contribution in [0.3, 0.4) is 0 Å². The van der Waals surface area contributed by atoms with Crippen molar-refractivity contribution in [3.05, 3.63) is 0 Å². The van der Waals surface area contributed by atoms with Gasteiger partial charge in [-0.2, -0.15) is 0 Å². The van der Waals surface area contributed by atoms with Crippen molar-refractivity contribution >= 4 is 11.6 Å². The van der Waals surface area contributed by atoms with E-state index < -0.39 is 0 Å². The van der Waals surface area contributed by atoms with Gasteiger partial charge in [0.2, 0.25) is 0 Å². The van der Waals surface area contributed by atoms with Crippen molar-refractivity contribution in [1.82, 2.24) is 0 Å². The quantitative estimate of drug-likeness (QED) is 0.499. The van der Waals surface area contributed by atoms with Crippen LogP contribution >= 0.6 is 11.6 Å². The Morgan fingerprint density at radius 2 is 2.00 bits per heavy atom. The van der Waals surface area contributed by atoms with E-state index in [-0.39, 0.29) is 0 Å². The third kappa shape index (κ3) is 1.61. The van der Waals surface area contributed by atoms with Crippen LogP contribution in [0, 0.1) is 11.8 Å². The van der Waals surface area contributed by atoms with Gasteiger partial charge in [0.15, 0.2) is 0 Å². The first-order valence-corrected chi connectivity index (χ1v) is 4.29. The lowest BCUT2D eigenvalue weighted by Gasteiger charge is -2.16. The summed E-state index contributed by atoms with van der Waals surface area (Å²) < 4.78 is 0. The van der Waals surface area contributed by atoms with Crippen LogP contribution in [0.15, 0.2) is 0 Å². The van der Waals surface area contributed by atoms with Crippen LogP contribution in [-0.4, -0.2) is 5.38 Å². The number of halogens is 1. The summed E-state index contributed by atoms with van der Waals surface area (Å²) in [6.07, 6.45) is 3.94. The Labute approximate surface area is 62.6 Å². The summed E-state index contributed by atoms with van der Waals surface area (Å²) in [4.78, 5) is 0. The molecule has 54 valence electrons. The molecular weight excluding hydrogens is 132 g/mol. The molecule has 0 aliphatic heterocycles. The first-order chi connectivity index (χ1) is 4.22. The Balaban J connectivity index is 2.40. The second kappa shape index (κ2) is 2.92. The highest BCUT2D eigenvalue weighted by Crippen LogP contribution is 2.34. The van der Waals surface area contributed by atoms with Crippen molar-refractivity contribution in [1.29, 1.82) is 0 Å². The van der Waals surface area contributed by atoms with Crippen molar-refractivity contribution in [2.45, 2.75) is 38.5 Å². The van der Waals surface area contributed by atoms with E-state index in [2.05, 4.69) is 13.8 Å². The summed E-state index contributed by atoms with van der Waals surface area (Å²) >= 11 is 6.07. The molecule has 9 heavy (non-hydrogen) atoms. The zero-order valence-electron chi connectivity index (χ0n) is 6.23. The highest BCUT2D eigenvalue weighted by molar-refractivity contribution is 6.20. The van der Waals surface area contributed by atoms with Crippen LogP contribution in [0.4, 0.5) is 0 Å². The van der Waals surface area contributed by atoms with Gasteiger partial charge in [-0.15, -0.1) is 11.6 Å². The minimum Gasteiger partial charge on any atom is -0.123 e. The number of hydrogen-bond donors (Lipinski definition) is 0. The second-order valence-electron chi connectivity index (χ2n) is 3.35. The van der Waals surface area contributed by atoms with Crippen LogP contribution in [0.25, 0.3) is 0 Å². The number of alkyl halides is 1. The van der Waals surface area contributed by atoms with Gasteiger partial charge in [0.25, 0.3) is 0 Å². The SMILES string of the molecule is CC(C)[C@H]1CCC[C@@H]1Cl. The Hall–Kier alpha value is 0.290. The van der Waals surface area contributed by atoms with E-state index in [1.54, 1.807) is 0 Å². The van der Waals surface area contributed by atoms with Gasteiger partial charge in [-0.1, -0.05) is 20.3 Å². The lowest BCUT2D eigenvalue weighted by Crippen LogP contribution is -2.13. The fourth-order valence-electron chi connectivity index (χ4n) is 1.69. The molecule has 0 heterocycles. The smallest absolute Gasteiger partial charge is 0.0366 e. The number of hydrogen-bond acceptors (Lipinski definition) is 0. The zero-order chi connectivity index (χ0) is 6.85. The van der Waals surface area contributed by atoms with Crippen molar-refractivity contribution in [2.24, 2.45) is 11.8 Å². The van der Waals surface area contributed by atoms with E-state index in [9.17, 15) is 0 Å². The van der Waals surface area contributed by atoms with Gasteiger partial charge in [-0.05, 0) is 24.7 Å². The molecule has 1 saturated carbocycles. The van der Waals surface area contributed by atoms with Gasteiger partial charge >= 0.3 is 0 Å².